The average Bonchev–Trinajstić information content (AvgIpc) is 3.09. The first kappa shape index (κ1) is 18.8. The van der Waals surface area contributed by atoms with Gasteiger partial charge in [-0.25, -0.2) is 0 Å². The first-order chi connectivity index (χ1) is 14.1. The third-order valence-corrected chi connectivity index (χ3v) is 5.19. The molecule has 0 bridgehead atoms. The number of aryl methyl sites for hydroxylation is 1. The lowest BCUT2D eigenvalue weighted by Gasteiger charge is -2.09. The maximum atomic E-state index is 5.88. The Bertz CT molecular complexity index is 1130. The highest BCUT2D eigenvalue weighted by molar-refractivity contribution is 7.98. The smallest absolute Gasteiger partial charge is 0.232 e. The van der Waals surface area contributed by atoms with Crippen molar-refractivity contribution in [1.29, 1.82) is 0 Å². The Labute approximate surface area is 171 Å². The number of nitrogens with two attached hydrogens (primary N) is 1. The molecule has 0 aliphatic rings. The molecule has 3 N–H and O–H groups in total. The topological polar surface area (TPSA) is 120 Å². The van der Waals surface area contributed by atoms with Gasteiger partial charge in [-0.15, -0.1) is 10.2 Å². The molecule has 0 aliphatic carbocycles. The molecular weight excluding hydrogens is 386 g/mol. The number of pyridine rings is 1. The lowest BCUT2D eigenvalue weighted by molar-refractivity contribution is 0.792. The van der Waals surface area contributed by atoms with Gasteiger partial charge in [0.05, 0.1) is 5.75 Å². The van der Waals surface area contributed by atoms with E-state index in [0.29, 0.717) is 17.5 Å². The molecule has 4 aromatic rings. The van der Waals surface area contributed by atoms with Crippen molar-refractivity contribution in [2.24, 2.45) is 7.05 Å². The van der Waals surface area contributed by atoms with Crippen LogP contribution in [0.4, 0.5) is 17.6 Å². The lowest BCUT2D eigenvalue weighted by atomic mass is 10.2. The molecule has 0 amide bonds. The van der Waals surface area contributed by atoms with E-state index in [1.54, 1.807) is 12.4 Å². The Morgan fingerprint density at radius 1 is 1.07 bits per heavy atom. The molecule has 0 atom stereocenters. The van der Waals surface area contributed by atoms with Crippen LogP contribution in [0.5, 0.6) is 0 Å². The Balaban J connectivity index is 1.50. The third-order valence-electron chi connectivity index (χ3n) is 4.18. The summed E-state index contributed by atoms with van der Waals surface area (Å²) in [7, 11) is 1.91. The number of thioether (sulfide) groups is 1. The number of hydrogen-bond donors (Lipinski definition) is 2. The fourth-order valence-electron chi connectivity index (χ4n) is 2.71. The predicted molar refractivity (Wildman–Crippen MR) is 112 cm³/mol. The van der Waals surface area contributed by atoms with Crippen LogP contribution in [0.25, 0.3) is 11.4 Å². The zero-order chi connectivity index (χ0) is 20.2. The molecule has 0 aliphatic heterocycles. The highest BCUT2D eigenvalue weighted by atomic mass is 32.2. The molecule has 29 heavy (non-hydrogen) atoms. The standard InChI is InChI=1S/C19H19N9S/c1-12-6-3-4-8-14(12)22-18-24-15(23-17(20)25-18)11-29-19-27-26-16(28(19)2)13-7-5-9-21-10-13/h3-10H,11H2,1-2H3,(H3,20,22,23,24,25). The third kappa shape index (κ3) is 4.32. The van der Waals surface area contributed by atoms with E-state index in [1.807, 2.05) is 54.9 Å². The summed E-state index contributed by atoms with van der Waals surface area (Å²) >= 11 is 1.48. The first-order valence-corrected chi connectivity index (χ1v) is 9.84. The Kier molecular flexibility index (Phi) is 5.34. The maximum absolute atomic E-state index is 5.88. The Morgan fingerprint density at radius 2 is 1.93 bits per heavy atom. The fourth-order valence-corrected chi connectivity index (χ4v) is 3.47. The van der Waals surface area contributed by atoms with E-state index < -0.39 is 0 Å². The second-order valence-electron chi connectivity index (χ2n) is 6.27. The van der Waals surface area contributed by atoms with Crippen LogP contribution < -0.4 is 11.1 Å². The van der Waals surface area contributed by atoms with E-state index in [9.17, 15) is 0 Å². The molecule has 0 saturated heterocycles. The van der Waals surface area contributed by atoms with Crippen LogP contribution in [-0.2, 0) is 12.8 Å². The van der Waals surface area contributed by atoms with Crippen molar-refractivity contribution in [2.45, 2.75) is 17.8 Å². The van der Waals surface area contributed by atoms with Crippen LogP contribution in [0.3, 0.4) is 0 Å². The molecule has 1 aromatic carbocycles. The molecule has 10 heteroatoms. The van der Waals surface area contributed by atoms with Crippen molar-refractivity contribution >= 4 is 29.3 Å². The lowest BCUT2D eigenvalue weighted by Crippen LogP contribution is -2.07. The minimum absolute atomic E-state index is 0.167. The summed E-state index contributed by atoms with van der Waals surface area (Å²) in [6.07, 6.45) is 3.48. The summed E-state index contributed by atoms with van der Waals surface area (Å²) in [5.74, 6) is 2.37. The van der Waals surface area contributed by atoms with Crippen LogP contribution >= 0.6 is 11.8 Å². The zero-order valence-electron chi connectivity index (χ0n) is 15.9. The number of rotatable bonds is 6. The van der Waals surface area contributed by atoms with E-state index in [1.165, 1.54) is 11.8 Å². The normalized spacial score (nSPS) is 10.8. The summed E-state index contributed by atoms with van der Waals surface area (Å²) in [6.45, 7) is 2.01. The van der Waals surface area contributed by atoms with Gasteiger partial charge in [-0.1, -0.05) is 30.0 Å². The van der Waals surface area contributed by atoms with Crippen molar-refractivity contribution in [1.82, 2.24) is 34.7 Å². The highest BCUT2D eigenvalue weighted by Crippen LogP contribution is 2.25. The number of nitrogen functional groups attached to an aromatic ring is 1. The van der Waals surface area contributed by atoms with Gasteiger partial charge < -0.3 is 15.6 Å². The van der Waals surface area contributed by atoms with Gasteiger partial charge in [0.25, 0.3) is 0 Å². The summed E-state index contributed by atoms with van der Waals surface area (Å²) in [4.78, 5) is 17.0. The van der Waals surface area contributed by atoms with E-state index in [4.69, 9.17) is 5.73 Å². The van der Waals surface area contributed by atoms with Crippen molar-refractivity contribution in [3.05, 3.63) is 60.2 Å². The monoisotopic (exact) mass is 405 g/mol. The molecule has 0 saturated carbocycles. The number of aromatic nitrogens is 7. The second-order valence-corrected chi connectivity index (χ2v) is 7.21. The molecule has 146 valence electrons. The van der Waals surface area contributed by atoms with Crippen LogP contribution in [0.2, 0.25) is 0 Å². The molecule has 0 radical (unpaired) electrons. The van der Waals surface area contributed by atoms with E-state index in [-0.39, 0.29) is 5.95 Å². The average molecular weight is 405 g/mol. The van der Waals surface area contributed by atoms with E-state index in [2.05, 4.69) is 35.5 Å². The quantitative estimate of drug-likeness (QED) is 0.466. The highest BCUT2D eigenvalue weighted by Gasteiger charge is 2.13. The molecule has 4 rings (SSSR count). The van der Waals surface area contributed by atoms with E-state index in [0.717, 1.165) is 27.8 Å². The van der Waals surface area contributed by atoms with Crippen molar-refractivity contribution in [2.75, 3.05) is 11.1 Å². The molecule has 0 spiro atoms. The Hall–Kier alpha value is -3.53. The minimum Gasteiger partial charge on any atom is -0.368 e. The van der Waals surface area contributed by atoms with Crippen molar-refractivity contribution < 1.29 is 0 Å². The molecule has 3 aromatic heterocycles. The van der Waals surface area contributed by atoms with Gasteiger partial charge in [-0.05, 0) is 30.7 Å². The maximum Gasteiger partial charge on any atom is 0.232 e. The van der Waals surface area contributed by atoms with Crippen molar-refractivity contribution in [3.8, 4) is 11.4 Å². The number of benzene rings is 1. The van der Waals surface area contributed by atoms with Gasteiger partial charge in [-0.3, -0.25) is 4.98 Å². The number of nitrogens with zero attached hydrogens (tertiary/aromatic N) is 7. The zero-order valence-corrected chi connectivity index (χ0v) is 16.8. The summed E-state index contributed by atoms with van der Waals surface area (Å²) in [6, 6.07) is 11.7. The fraction of sp³-hybridized carbons (Fsp3) is 0.158. The number of nitrogens with one attached hydrogen (secondary N) is 1. The van der Waals surface area contributed by atoms with Gasteiger partial charge in [0, 0.05) is 30.7 Å². The van der Waals surface area contributed by atoms with Gasteiger partial charge in [0.15, 0.2) is 11.0 Å². The largest absolute Gasteiger partial charge is 0.368 e. The first-order valence-electron chi connectivity index (χ1n) is 8.86. The van der Waals surface area contributed by atoms with Gasteiger partial charge in [0.1, 0.15) is 5.82 Å². The summed E-state index contributed by atoms with van der Waals surface area (Å²) < 4.78 is 1.92. The number of hydrogen-bond acceptors (Lipinski definition) is 9. The number of para-hydroxylation sites is 1. The molecule has 0 fully saturated rings. The molecule has 3 heterocycles. The van der Waals surface area contributed by atoms with Gasteiger partial charge >= 0.3 is 0 Å². The predicted octanol–water partition coefficient (Wildman–Crippen LogP) is 2.99. The van der Waals surface area contributed by atoms with Crippen LogP contribution in [0.1, 0.15) is 11.4 Å². The summed E-state index contributed by atoms with van der Waals surface area (Å²) in [5.41, 5.74) is 8.79. The van der Waals surface area contributed by atoms with Crippen molar-refractivity contribution in [3.63, 3.8) is 0 Å². The molecular formula is C19H19N9S. The SMILES string of the molecule is Cc1ccccc1Nc1nc(N)nc(CSc2nnc(-c3cccnc3)n2C)n1. The molecule has 0 unspecified atom stereocenters. The van der Waals surface area contributed by atoms with Gasteiger partial charge in [-0.2, -0.15) is 15.0 Å². The molecule has 9 nitrogen and oxygen atoms in total. The van der Waals surface area contributed by atoms with Crippen LogP contribution in [0, 0.1) is 6.92 Å². The van der Waals surface area contributed by atoms with E-state index >= 15 is 0 Å². The van der Waals surface area contributed by atoms with Crippen LogP contribution in [0.15, 0.2) is 53.9 Å². The summed E-state index contributed by atoms with van der Waals surface area (Å²) in [5, 5.41) is 12.5. The second kappa shape index (κ2) is 8.23. The Morgan fingerprint density at radius 3 is 2.72 bits per heavy atom. The van der Waals surface area contributed by atoms with Crippen LogP contribution in [-0.4, -0.2) is 34.7 Å². The number of anilines is 3. The van der Waals surface area contributed by atoms with Gasteiger partial charge in [0.2, 0.25) is 11.9 Å². The minimum atomic E-state index is 0.167.